The third kappa shape index (κ3) is 4.06. The number of thiophene rings is 1. The van der Waals surface area contributed by atoms with E-state index >= 15 is 0 Å². The zero-order valence-corrected chi connectivity index (χ0v) is 14.8. The number of rotatable bonds is 4. The van der Waals surface area contributed by atoms with Crippen molar-refractivity contribution in [2.75, 3.05) is 0 Å². The van der Waals surface area contributed by atoms with E-state index in [9.17, 15) is 0 Å². The van der Waals surface area contributed by atoms with Gasteiger partial charge in [0.1, 0.15) is 0 Å². The van der Waals surface area contributed by atoms with Crippen molar-refractivity contribution >= 4 is 47.1 Å². The van der Waals surface area contributed by atoms with Crippen molar-refractivity contribution < 1.29 is 0 Å². The van der Waals surface area contributed by atoms with E-state index in [2.05, 4.69) is 29.0 Å². The molecule has 0 aliphatic rings. The Morgan fingerprint density at radius 3 is 2.41 bits per heavy atom. The summed E-state index contributed by atoms with van der Waals surface area (Å²) in [5, 5.41) is 4.92. The first kappa shape index (κ1) is 17.4. The van der Waals surface area contributed by atoms with E-state index in [0.717, 1.165) is 21.0 Å². The summed E-state index contributed by atoms with van der Waals surface area (Å²) in [6.45, 7) is 0. The van der Waals surface area contributed by atoms with Gasteiger partial charge in [-0.15, -0.1) is 12.4 Å². The topological polar surface area (TPSA) is 26.0 Å². The Bertz CT molecular complexity index is 712. The fourth-order valence-corrected chi connectivity index (χ4v) is 3.90. The fraction of sp³-hybridized carbons (Fsp3) is 0.0588. The first-order valence-electron chi connectivity index (χ1n) is 6.54. The van der Waals surface area contributed by atoms with Crippen molar-refractivity contribution in [1.82, 2.24) is 0 Å². The summed E-state index contributed by atoms with van der Waals surface area (Å²) < 4.78 is 0. The maximum absolute atomic E-state index is 6.41. The molecule has 0 radical (unpaired) electrons. The van der Waals surface area contributed by atoms with Crippen molar-refractivity contribution in [2.24, 2.45) is 5.73 Å². The van der Waals surface area contributed by atoms with Gasteiger partial charge in [-0.25, -0.2) is 0 Å². The molecule has 5 heteroatoms. The van der Waals surface area contributed by atoms with E-state index in [4.69, 9.17) is 17.3 Å². The monoisotopic (exact) mass is 367 g/mol. The average molecular weight is 368 g/mol. The minimum Gasteiger partial charge on any atom is -0.320 e. The third-order valence-corrected chi connectivity index (χ3v) is 5.25. The van der Waals surface area contributed by atoms with Gasteiger partial charge in [-0.1, -0.05) is 41.6 Å². The Morgan fingerprint density at radius 2 is 1.73 bits per heavy atom. The number of hydrogen-bond donors (Lipinski definition) is 1. The van der Waals surface area contributed by atoms with Crippen LogP contribution in [-0.2, 0) is 0 Å². The predicted octanol–water partition coefficient (Wildman–Crippen LogP) is 6.02. The maximum atomic E-state index is 6.41. The van der Waals surface area contributed by atoms with Crippen LogP contribution in [0.25, 0.3) is 0 Å². The van der Waals surface area contributed by atoms with Gasteiger partial charge in [0.2, 0.25) is 0 Å². The lowest BCUT2D eigenvalue weighted by atomic mass is 10.0. The average Bonchev–Trinajstić information content (AvgIpc) is 3.04. The summed E-state index contributed by atoms with van der Waals surface area (Å²) in [6.07, 6.45) is 0. The highest BCUT2D eigenvalue weighted by atomic mass is 35.5. The molecular weight excluding hydrogens is 353 g/mol. The Labute approximate surface area is 149 Å². The largest absolute Gasteiger partial charge is 0.320 e. The molecule has 3 rings (SSSR count). The van der Waals surface area contributed by atoms with Crippen LogP contribution in [0.3, 0.4) is 0 Å². The van der Waals surface area contributed by atoms with E-state index in [1.165, 1.54) is 4.90 Å². The van der Waals surface area contributed by atoms with E-state index in [1.807, 2.05) is 36.4 Å². The molecule has 3 aromatic rings. The molecule has 1 atom stereocenters. The summed E-state index contributed by atoms with van der Waals surface area (Å²) in [5.41, 5.74) is 8.72. The molecule has 0 spiro atoms. The van der Waals surface area contributed by atoms with Gasteiger partial charge in [0.25, 0.3) is 0 Å². The highest BCUT2D eigenvalue weighted by Crippen LogP contribution is 2.35. The van der Waals surface area contributed by atoms with Crippen LogP contribution in [0.5, 0.6) is 0 Å². The third-order valence-electron chi connectivity index (χ3n) is 3.20. The molecule has 0 aliphatic carbocycles. The Kier molecular flexibility index (Phi) is 6.36. The van der Waals surface area contributed by atoms with Crippen LogP contribution in [0.2, 0.25) is 5.02 Å². The normalized spacial score (nSPS) is 11.7. The van der Waals surface area contributed by atoms with E-state index in [-0.39, 0.29) is 18.4 Å². The molecule has 0 bridgehead atoms. The summed E-state index contributed by atoms with van der Waals surface area (Å²) >= 11 is 9.32. The smallest absolute Gasteiger partial charge is 0.0571 e. The zero-order chi connectivity index (χ0) is 14.7. The van der Waals surface area contributed by atoms with Gasteiger partial charge >= 0.3 is 0 Å². The van der Waals surface area contributed by atoms with Gasteiger partial charge < -0.3 is 5.73 Å². The van der Waals surface area contributed by atoms with Gasteiger partial charge in [0.05, 0.1) is 6.04 Å². The molecule has 0 unspecified atom stereocenters. The maximum Gasteiger partial charge on any atom is 0.0571 e. The number of nitrogens with two attached hydrogens (primary N) is 1. The molecule has 2 aromatic carbocycles. The SMILES string of the molecule is Cl.N[C@H](c1ccsc1)c1ccccc1Sc1ccc(Cl)cc1. The Morgan fingerprint density at radius 1 is 1.00 bits per heavy atom. The molecular formula is C17H15Cl2NS2. The van der Waals surface area contributed by atoms with Crippen LogP contribution in [0.15, 0.2) is 75.1 Å². The molecule has 114 valence electrons. The van der Waals surface area contributed by atoms with Crippen molar-refractivity contribution in [3.05, 3.63) is 81.5 Å². The summed E-state index contributed by atoms with van der Waals surface area (Å²) in [5.74, 6) is 0. The lowest BCUT2D eigenvalue weighted by Crippen LogP contribution is -2.11. The molecule has 1 heterocycles. The van der Waals surface area contributed by atoms with Crippen LogP contribution < -0.4 is 5.73 Å². The van der Waals surface area contributed by atoms with Crippen molar-refractivity contribution in [1.29, 1.82) is 0 Å². The first-order valence-corrected chi connectivity index (χ1v) is 8.68. The van der Waals surface area contributed by atoms with Gasteiger partial charge in [0.15, 0.2) is 0 Å². The van der Waals surface area contributed by atoms with E-state index in [1.54, 1.807) is 23.1 Å². The van der Waals surface area contributed by atoms with E-state index in [0.29, 0.717) is 0 Å². The fourth-order valence-electron chi connectivity index (χ4n) is 2.09. The summed E-state index contributed by atoms with van der Waals surface area (Å²) in [6, 6.07) is 18.2. The van der Waals surface area contributed by atoms with Gasteiger partial charge in [0, 0.05) is 14.8 Å². The number of hydrogen-bond acceptors (Lipinski definition) is 3. The molecule has 0 saturated carbocycles. The Balaban J connectivity index is 0.00000176. The minimum atomic E-state index is -0.0905. The summed E-state index contributed by atoms with van der Waals surface area (Å²) in [7, 11) is 0. The van der Waals surface area contributed by atoms with Crippen LogP contribution in [-0.4, -0.2) is 0 Å². The van der Waals surface area contributed by atoms with Crippen LogP contribution >= 0.6 is 47.1 Å². The highest BCUT2D eigenvalue weighted by molar-refractivity contribution is 7.99. The molecule has 1 aromatic heterocycles. The van der Waals surface area contributed by atoms with Crippen LogP contribution in [0.4, 0.5) is 0 Å². The second kappa shape index (κ2) is 8.04. The quantitative estimate of drug-likeness (QED) is 0.609. The van der Waals surface area contributed by atoms with Crippen molar-refractivity contribution in [2.45, 2.75) is 15.8 Å². The van der Waals surface area contributed by atoms with Crippen LogP contribution in [0.1, 0.15) is 17.2 Å². The van der Waals surface area contributed by atoms with Gasteiger partial charge in [-0.05, 0) is 58.3 Å². The van der Waals surface area contributed by atoms with Gasteiger partial charge in [-0.3, -0.25) is 0 Å². The number of halogens is 2. The minimum absolute atomic E-state index is 0. The van der Waals surface area contributed by atoms with Crippen molar-refractivity contribution in [3.63, 3.8) is 0 Å². The molecule has 22 heavy (non-hydrogen) atoms. The predicted molar refractivity (Wildman–Crippen MR) is 99.6 cm³/mol. The molecule has 0 fully saturated rings. The van der Waals surface area contributed by atoms with Crippen LogP contribution in [0, 0.1) is 0 Å². The highest BCUT2D eigenvalue weighted by Gasteiger charge is 2.14. The Hall–Kier alpha value is -0.970. The lowest BCUT2D eigenvalue weighted by molar-refractivity contribution is 0.852. The van der Waals surface area contributed by atoms with Gasteiger partial charge in [-0.2, -0.15) is 11.3 Å². The molecule has 0 aliphatic heterocycles. The lowest BCUT2D eigenvalue weighted by Gasteiger charge is -2.15. The second-order valence-electron chi connectivity index (χ2n) is 4.63. The first-order chi connectivity index (χ1) is 10.2. The van der Waals surface area contributed by atoms with E-state index < -0.39 is 0 Å². The molecule has 0 saturated heterocycles. The number of benzene rings is 2. The molecule has 2 N–H and O–H groups in total. The van der Waals surface area contributed by atoms with Crippen molar-refractivity contribution in [3.8, 4) is 0 Å². The second-order valence-corrected chi connectivity index (χ2v) is 6.96. The zero-order valence-electron chi connectivity index (χ0n) is 11.6. The standard InChI is InChI=1S/C17H14ClNS2.ClH/c18-13-5-7-14(8-6-13)21-16-4-2-1-3-15(16)17(19)12-9-10-20-11-12;/h1-11,17H,19H2;1H/t17-;/m1./s1. The molecule has 1 nitrogen and oxygen atoms in total. The molecule has 0 amide bonds. The summed E-state index contributed by atoms with van der Waals surface area (Å²) in [4.78, 5) is 2.34.